The van der Waals surface area contributed by atoms with Gasteiger partial charge in [-0.15, -0.1) is 0 Å². The van der Waals surface area contributed by atoms with Gasteiger partial charge >= 0.3 is 0 Å². The number of aryl methyl sites for hydroxylation is 1. The number of aliphatic hydroxyl groups excluding tert-OH is 1. The predicted octanol–water partition coefficient (Wildman–Crippen LogP) is 2.63. The van der Waals surface area contributed by atoms with Gasteiger partial charge < -0.3 is 15.2 Å². The van der Waals surface area contributed by atoms with E-state index in [2.05, 4.69) is 46.4 Å². The van der Waals surface area contributed by atoms with E-state index in [1.165, 1.54) is 11.1 Å². The van der Waals surface area contributed by atoms with Crippen LogP contribution in [0.3, 0.4) is 0 Å². The lowest BCUT2D eigenvalue weighted by atomic mass is 9.94. The van der Waals surface area contributed by atoms with Crippen molar-refractivity contribution in [3.8, 4) is 0 Å². The summed E-state index contributed by atoms with van der Waals surface area (Å²) in [7, 11) is 0. The molecule has 0 unspecified atom stereocenters. The molecule has 1 atom stereocenters. The van der Waals surface area contributed by atoms with Crippen molar-refractivity contribution in [3.63, 3.8) is 0 Å². The van der Waals surface area contributed by atoms with Gasteiger partial charge in [-0.25, -0.2) is 0 Å². The summed E-state index contributed by atoms with van der Waals surface area (Å²) in [5.41, 5.74) is 2.47. The largest absolute Gasteiger partial charge is 0.392 e. The predicted molar refractivity (Wildman–Crippen MR) is 80.1 cm³/mol. The Morgan fingerprint density at radius 2 is 2.16 bits per heavy atom. The van der Waals surface area contributed by atoms with Crippen LogP contribution in [0.25, 0.3) is 0 Å². The highest BCUT2D eigenvalue weighted by atomic mass is 79.9. The van der Waals surface area contributed by atoms with Crippen molar-refractivity contribution >= 4 is 15.9 Å². The molecule has 19 heavy (non-hydrogen) atoms. The molecular formula is C15H22BrNO2. The molecule has 1 fully saturated rings. The van der Waals surface area contributed by atoms with Gasteiger partial charge in [0.1, 0.15) is 0 Å². The molecule has 1 saturated heterocycles. The van der Waals surface area contributed by atoms with Crippen LogP contribution in [-0.4, -0.2) is 31.0 Å². The monoisotopic (exact) mass is 327 g/mol. The molecule has 4 heteroatoms. The first kappa shape index (κ1) is 15.0. The molecule has 1 aromatic carbocycles. The summed E-state index contributed by atoms with van der Waals surface area (Å²) < 4.78 is 6.44. The van der Waals surface area contributed by atoms with E-state index < -0.39 is 0 Å². The first-order chi connectivity index (χ1) is 9.16. The maximum absolute atomic E-state index is 10.1. The molecule has 1 aromatic rings. The second-order valence-corrected chi connectivity index (χ2v) is 6.10. The first-order valence-electron chi connectivity index (χ1n) is 6.88. The number of aliphatic hydroxyl groups is 1. The summed E-state index contributed by atoms with van der Waals surface area (Å²) >= 11 is 3.57. The Kier molecular flexibility index (Phi) is 5.82. The lowest BCUT2D eigenvalue weighted by Gasteiger charge is -2.26. The van der Waals surface area contributed by atoms with Crippen molar-refractivity contribution in [2.45, 2.75) is 32.4 Å². The van der Waals surface area contributed by atoms with E-state index in [9.17, 15) is 5.11 Å². The van der Waals surface area contributed by atoms with Crippen LogP contribution >= 0.6 is 15.9 Å². The Morgan fingerprint density at radius 3 is 2.84 bits per heavy atom. The SMILES string of the molecule is Cc1ccc(CNC[C@@H](O)C2CCOCC2)c(Br)c1. The third-order valence-electron chi connectivity index (χ3n) is 3.69. The number of hydrogen-bond donors (Lipinski definition) is 2. The fourth-order valence-corrected chi connectivity index (χ4v) is 3.05. The second kappa shape index (κ2) is 7.39. The highest BCUT2D eigenvalue weighted by molar-refractivity contribution is 9.10. The first-order valence-corrected chi connectivity index (χ1v) is 7.67. The molecule has 0 radical (unpaired) electrons. The Labute approximate surface area is 123 Å². The van der Waals surface area contributed by atoms with E-state index in [1.54, 1.807) is 0 Å². The minimum absolute atomic E-state index is 0.270. The summed E-state index contributed by atoms with van der Waals surface area (Å²) in [6.45, 7) is 5.07. The van der Waals surface area contributed by atoms with Gasteiger partial charge in [-0.1, -0.05) is 28.1 Å². The normalized spacial score (nSPS) is 18.5. The summed E-state index contributed by atoms with van der Waals surface area (Å²) in [6.07, 6.45) is 1.67. The molecule has 1 heterocycles. The van der Waals surface area contributed by atoms with E-state index in [1.807, 2.05) is 0 Å². The summed E-state index contributed by atoms with van der Waals surface area (Å²) in [6, 6.07) is 6.34. The van der Waals surface area contributed by atoms with E-state index in [4.69, 9.17) is 4.74 Å². The topological polar surface area (TPSA) is 41.5 Å². The minimum atomic E-state index is -0.270. The van der Waals surface area contributed by atoms with Gasteiger partial charge in [0.2, 0.25) is 0 Å². The molecule has 0 saturated carbocycles. The molecule has 3 nitrogen and oxygen atoms in total. The maximum atomic E-state index is 10.1. The smallest absolute Gasteiger partial charge is 0.0694 e. The van der Waals surface area contributed by atoms with Crippen LogP contribution < -0.4 is 5.32 Å². The van der Waals surface area contributed by atoms with Gasteiger partial charge in [-0.2, -0.15) is 0 Å². The van der Waals surface area contributed by atoms with Crippen LogP contribution in [0.2, 0.25) is 0 Å². The zero-order chi connectivity index (χ0) is 13.7. The summed E-state index contributed by atoms with van der Waals surface area (Å²) in [5.74, 6) is 0.378. The number of halogens is 1. The molecule has 1 aliphatic heterocycles. The van der Waals surface area contributed by atoms with Crippen LogP contribution in [0.5, 0.6) is 0 Å². The van der Waals surface area contributed by atoms with Crippen molar-refractivity contribution in [2.75, 3.05) is 19.8 Å². The van der Waals surface area contributed by atoms with Crippen LogP contribution in [0.4, 0.5) is 0 Å². The third-order valence-corrected chi connectivity index (χ3v) is 4.43. The van der Waals surface area contributed by atoms with Crippen molar-refractivity contribution in [2.24, 2.45) is 5.92 Å². The van der Waals surface area contributed by atoms with Gasteiger partial charge in [0.15, 0.2) is 0 Å². The average molecular weight is 328 g/mol. The van der Waals surface area contributed by atoms with Crippen molar-refractivity contribution in [3.05, 3.63) is 33.8 Å². The molecule has 106 valence electrons. The molecule has 0 aliphatic carbocycles. The Morgan fingerprint density at radius 1 is 1.42 bits per heavy atom. The summed E-state index contributed by atoms with van der Waals surface area (Å²) in [4.78, 5) is 0. The van der Waals surface area contributed by atoms with Crippen molar-refractivity contribution in [1.29, 1.82) is 0 Å². The Bertz CT molecular complexity index is 405. The standard InChI is InChI=1S/C15H22BrNO2/c1-11-2-3-13(14(16)8-11)9-17-10-15(18)12-4-6-19-7-5-12/h2-3,8,12,15,17-18H,4-7,9-10H2,1H3/t15-/m1/s1. The average Bonchev–Trinajstić information content (AvgIpc) is 2.42. The fraction of sp³-hybridized carbons (Fsp3) is 0.600. The van der Waals surface area contributed by atoms with Crippen LogP contribution in [0, 0.1) is 12.8 Å². The van der Waals surface area contributed by atoms with Crippen molar-refractivity contribution < 1.29 is 9.84 Å². The third kappa shape index (κ3) is 4.56. The van der Waals surface area contributed by atoms with Crippen LogP contribution in [0.1, 0.15) is 24.0 Å². The highest BCUT2D eigenvalue weighted by Gasteiger charge is 2.21. The summed E-state index contributed by atoms with van der Waals surface area (Å²) in [5, 5.41) is 13.5. The van der Waals surface area contributed by atoms with E-state index in [-0.39, 0.29) is 6.10 Å². The van der Waals surface area contributed by atoms with E-state index in [0.29, 0.717) is 12.5 Å². The van der Waals surface area contributed by atoms with Crippen LogP contribution in [0.15, 0.2) is 22.7 Å². The van der Waals surface area contributed by atoms with Crippen molar-refractivity contribution in [1.82, 2.24) is 5.32 Å². The number of nitrogens with one attached hydrogen (secondary N) is 1. The molecule has 2 rings (SSSR count). The molecule has 0 bridgehead atoms. The molecule has 2 N–H and O–H groups in total. The zero-order valence-electron chi connectivity index (χ0n) is 11.4. The molecule has 0 amide bonds. The van der Waals surface area contributed by atoms with Gasteiger partial charge in [0.05, 0.1) is 6.10 Å². The molecule has 0 spiro atoms. The van der Waals surface area contributed by atoms with Crippen LogP contribution in [-0.2, 0) is 11.3 Å². The Hall–Kier alpha value is -0.420. The van der Waals surface area contributed by atoms with E-state index >= 15 is 0 Å². The lowest BCUT2D eigenvalue weighted by molar-refractivity contribution is 0.00846. The zero-order valence-corrected chi connectivity index (χ0v) is 12.9. The fourth-order valence-electron chi connectivity index (χ4n) is 2.42. The number of hydrogen-bond acceptors (Lipinski definition) is 3. The van der Waals surface area contributed by atoms with Gasteiger partial charge in [-0.3, -0.25) is 0 Å². The quantitative estimate of drug-likeness (QED) is 0.873. The number of ether oxygens (including phenoxy) is 1. The minimum Gasteiger partial charge on any atom is -0.392 e. The van der Waals surface area contributed by atoms with Gasteiger partial charge in [0, 0.05) is 30.8 Å². The highest BCUT2D eigenvalue weighted by Crippen LogP contribution is 2.20. The molecular weight excluding hydrogens is 306 g/mol. The van der Waals surface area contributed by atoms with E-state index in [0.717, 1.165) is 37.1 Å². The van der Waals surface area contributed by atoms with Gasteiger partial charge in [0.25, 0.3) is 0 Å². The number of rotatable bonds is 5. The lowest BCUT2D eigenvalue weighted by Crippen LogP contribution is -2.35. The Balaban J connectivity index is 1.76. The number of benzene rings is 1. The molecule has 1 aliphatic rings. The maximum Gasteiger partial charge on any atom is 0.0694 e. The van der Waals surface area contributed by atoms with Gasteiger partial charge in [-0.05, 0) is 42.9 Å². The second-order valence-electron chi connectivity index (χ2n) is 5.24. The molecule has 0 aromatic heterocycles.